The number of nitrogens with zero attached hydrogens (tertiary/aromatic N) is 1. The SMILES string of the molecule is CCNCc1cc(S(=O)(=O)N2CC(C)CC2C)c(C)s1. The first-order valence-corrected chi connectivity index (χ1v) is 9.43. The smallest absolute Gasteiger partial charge is 0.244 e. The van der Waals surface area contributed by atoms with Crippen LogP contribution in [0.1, 0.15) is 36.9 Å². The zero-order chi connectivity index (χ0) is 14.9. The molecule has 0 amide bonds. The van der Waals surface area contributed by atoms with E-state index in [2.05, 4.69) is 12.2 Å². The highest BCUT2D eigenvalue weighted by Gasteiger charge is 2.37. The van der Waals surface area contributed by atoms with E-state index in [0.29, 0.717) is 17.4 Å². The average molecular weight is 316 g/mol. The third kappa shape index (κ3) is 3.08. The van der Waals surface area contributed by atoms with Crippen LogP contribution in [-0.4, -0.2) is 31.9 Å². The third-order valence-corrected chi connectivity index (χ3v) is 7.07. The minimum atomic E-state index is -3.34. The average Bonchev–Trinajstić information content (AvgIpc) is 2.90. The van der Waals surface area contributed by atoms with Crippen molar-refractivity contribution >= 4 is 21.4 Å². The van der Waals surface area contributed by atoms with Crippen LogP contribution in [0.15, 0.2) is 11.0 Å². The van der Waals surface area contributed by atoms with E-state index in [1.54, 1.807) is 15.6 Å². The third-order valence-electron chi connectivity index (χ3n) is 3.79. The van der Waals surface area contributed by atoms with Crippen LogP contribution in [0, 0.1) is 12.8 Å². The fourth-order valence-corrected chi connectivity index (χ4v) is 6.18. The van der Waals surface area contributed by atoms with E-state index >= 15 is 0 Å². The highest BCUT2D eigenvalue weighted by molar-refractivity contribution is 7.89. The zero-order valence-electron chi connectivity index (χ0n) is 12.6. The molecule has 0 bridgehead atoms. The molecular weight excluding hydrogens is 292 g/mol. The Balaban J connectivity index is 2.28. The lowest BCUT2D eigenvalue weighted by Gasteiger charge is -2.20. The highest BCUT2D eigenvalue weighted by Crippen LogP contribution is 2.33. The van der Waals surface area contributed by atoms with Crippen LogP contribution >= 0.6 is 11.3 Å². The van der Waals surface area contributed by atoms with Crippen LogP contribution in [-0.2, 0) is 16.6 Å². The summed E-state index contributed by atoms with van der Waals surface area (Å²) in [5.41, 5.74) is 0. The van der Waals surface area contributed by atoms with Gasteiger partial charge in [-0.05, 0) is 38.8 Å². The summed E-state index contributed by atoms with van der Waals surface area (Å²) in [5, 5.41) is 3.24. The second-order valence-electron chi connectivity index (χ2n) is 5.68. The van der Waals surface area contributed by atoms with Gasteiger partial charge in [0.15, 0.2) is 0 Å². The normalized spacial score (nSPS) is 24.4. The first-order valence-electron chi connectivity index (χ1n) is 7.18. The number of hydrogen-bond donors (Lipinski definition) is 1. The van der Waals surface area contributed by atoms with Crippen molar-refractivity contribution in [1.82, 2.24) is 9.62 Å². The number of thiophene rings is 1. The second kappa shape index (κ2) is 6.13. The monoisotopic (exact) mass is 316 g/mol. The van der Waals surface area contributed by atoms with Gasteiger partial charge in [-0.1, -0.05) is 13.8 Å². The molecule has 0 spiro atoms. The molecule has 114 valence electrons. The Morgan fingerprint density at radius 2 is 2.15 bits per heavy atom. The van der Waals surface area contributed by atoms with Gasteiger partial charge >= 0.3 is 0 Å². The molecule has 0 aromatic carbocycles. The van der Waals surface area contributed by atoms with E-state index in [1.165, 1.54) is 0 Å². The summed E-state index contributed by atoms with van der Waals surface area (Å²) in [5.74, 6) is 0.444. The maximum atomic E-state index is 12.8. The Hall–Kier alpha value is -0.430. The van der Waals surface area contributed by atoms with Crippen LogP contribution in [0.4, 0.5) is 0 Å². The van der Waals surface area contributed by atoms with E-state index in [9.17, 15) is 8.42 Å². The Labute approximate surface area is 126 Å². The van der Waals surface area contributed by atoms with Crippen LogP contribution in [0.25, 0.3) is 0 Å². The molecule has 1 aromatic rings. The topological polar surface area (TPSA) is 49.4 Å². The molecule has 20 heavy (non-hydrogen) atoms. The summed E-state index contributed by atoms with van der Waals surface area (Å²) in [7, 11) is -3.34. The summed E-state index contributed by atoms with van der Waals surface area (Å²) in [6.07, 6.45) is 0.951. The van der Waals surface area contributed by atoms with E-state index < -0.39 is 10.0 Å². The number of hydrogen-bond acceptors (Lipinski definition) is 4. The maximum Gasteiger partial charge on any atom is 0.244 e. The summed E-state index contributed by atoms with van der Waals surface area (Å²) in [4.78, 5) is 2.48. The Kier molecular flexibility index (Phi) is 4.89. The number of nitrogens with one attached hydrogen (secondary N) is 1. The summed E-state index contributed by atoms with van der Waals surface area (Å²) in [6, 6.07) is 1.94. The molecule has 0 radical (unpaired) electrons. The van der Waals surface area contributed by atoms with Gasteiger partial charge in [0, 0.05) is 28.9 Å². The number of rotatable bonds is 5. The molecule has 0 saturated carbocycles. The fourth-order valence-electron chi connectivity index (χ4n) is 2.84. The number of sulfonamides is 1. The predicted molar refractivity (Wildman–Crippen MR) is 83.6 cm³/mol. The van der Waals surface area contributed by atoms with E-state index in [0.717, 1.165) is 29.3 Å². The van der Waals surface area contributed by atoms with Crippen LogP contribution in [0.2, 0.25) is 0 Å². The largest absolute Gasteiger partial charge is 0.312 e. The van der Waals surface area contributed by atoms with E-state index in [1.807, 2.05) is 26.8 Å². The molecule has 2 atom stereocenters. The second-order valence-corrected chi connectivity index (χ2v) is 8.88. The first kappa shape index (κ1) is 15.9. The van der Waals surface area contributed by atoms with E-state index in [-0.39, 0.29) is 6.04 Å². The number of aryl methyl sites for hydroxylation is 1. The van der Waals surface area contributed by atoms with Crippen molar-refractivity contribution in [2.24, 2.45) is 5.92 Å². The van der Waals surface area contributed by atoms with Crippen LogP contribution in [0.3, 0.4) is 0 Å². The molecular formula is C14H24N2O2S2. The van der Waals surface area contributed by atoms with Crippen molar-refractivity contribution in [3.63, 3.8) is 0 Å². The van der Waals surface area contributed by atoms with Gasteiger partial charge in [-0.25, -0.2) is 8.42 Å². The molecule has 1 saturated heterocycles. The summed E-state index contributed by atoms with van der Waals surface area (Å²) < 4.78 is 27.3. The molecule has 2 unspecified atom stereocenters. The molecule has 2 rings (SSSR count). The molecule has 1 aromatic heterocycles. The van der Waals surface area contributed by atoms with Gasteiger partial charge in [-0.2, -0.15) is 4.31 Å². The fraction of sp³-hybridized carbons (Fsp3) is 0.714. The lowest BCUT2D eigenvalue weighted by atomic mass is 10.1. The lowest BCUT2D eigenvalue weighted by molar-refractivity contribution is 0.405. The predicted octanol–water partition coefficient (Wildman–Crippen LogP) is 2.59. The van der Waals surface area contributed by atoms with Crippen molar-refractivity contribution in [3.8, 4) is 0 Å². The quantitative estimate of drug-likeness (QED) is 0.908. The van der Waals surface area contributed by atoms with Crippen molar-refractivity contribution in [1.29, 1.82) is 0 Å². The molecule has 1 N–H and O–H groups in total. The molecule has 1 aliphatic heterocycles. The molecule has 1 aliphatic rings. The van der Waals surface area contributed by atoms with Gasteiger partial charge in [0.25, 0.3) is 0 Å². The Bertz CT molecular complexity index is 566. The van der Waals surface area contributed by atoms with Gasteiger partial charge in [0.1, 0.15) is 0 Å². The van der Waals surface area contributed by atoms with Crippen LogP contribution < -0.4 is 5.32 Å². The van der Waals surface area contributed by atoms with Crippen LogP contribution in [0.5, 0.6) is 0 Å². The molecule has 1 fully saturated rings. The van der Waals surface area contributed by atoms with Gasteiger partial charge in [-0.3, -0.25) is 0 Å². The standard InChI is InChI=1S/C14H24N2O2S2/c1-5-15-8-13-7-14(12(4)19-13)20(17,18)16-9-10(2)6-11(16)3/h7,10-11,15H,5-6,8-9H2,1-4H3. The minimum Gasteiger partial charge on any atom is -0.312 e. The molecule has 4 nitrogen and oxygen atoms in total. The Morgan fingerprint density at radius 1 is 1.45 bits per heavy atom. The van der Waals surface area contributed by atoms with Gasteiger partial charge in [-0.15, -0.1) is 11.3 Å². The zero-order valence-corrected chi connectivity index (χ0v) is 14.3. The lowest BCUT2D eigenvalue weighted by Crippen LogP contribution is -2.34. The van der Waals surface area contributed by atoms with Gasteiger partial charge in [0.2, 0.25) is 10.0 Å². The minimum absolute atomic E-state index is 0.103. The Morgan fingerprint density at radius 3 is 2.70 bits per heavy atom. The molecule has 6 heteroatoms. The molecule has 0 aliphatic carbocycles. The van der Waals surface area contributed by atoms with E-state index in [4.69, 9.17) is 0 Å². The van der Waals surface area contributed by atoms with Crippen molar-refractivity contribution in [3.05, 3.63) is 15.8 Å². The van der Waals surface area contributed by atoms with Crippen molar-refractivity contribution in [2.45, 2.75) is 51.6 Å². The first-order chi connectivity index (χ1) is 9.36. The maximum absolute atomic E-state index is 12.8. The van der Waals surface area contributed by atoms with Crippen molar-refractivity contribution in [2.75, 3.05) is 13.1 Å². The summed E-state index contributed by atoms with van der Waals surface area (Å²) >= 11 is 1.57. The summed E-state index contributed by atoms with van der Waals surface area (Å²) in [6.45, 7) is 10.3. The molecule has 2 heterocycles. The van der Waals surface area contributed by atoms with Gasteiger partial charge in [0.05, 0.1) is 4.90 Å². The van der Waals surface area contributed by atoms with Crippen molar-refractivity contribution < 1.29 is 8.42 Å². The highest BCUT2D eigenvalue weighted by atomic mass is 32.2. The van der Waals surface area contributed by atoms with Gasteiger partial charge < -0.3 is 5.32 Å².